The van der Waals surface area contributed by atoms with Crippen molar-refractivity contribution in [1.29, 1.82) is 0 Å². The first-order valence-electron chi connectivity index (χ1n) is 28.3. The molecular weight excluding hydrogens is 877 g/mol. The zero-order valence-corrected chi connectivity index (χ0v) is 45.4. The number of rotatable bonds is 49. The van der Waals surface area contributed by atoms with Crippen LogP contribution in [0.1, 0.15) is 226 Å². The van der Waals surface area contributed by atoms with Gasteiger partial charge in [0.2, 0.25) is 0 Å². The number of hydrogen-bond acceptors (Lipinski definition) is 6. The summed E-state index contributed by atoms with van der Waals surface area (Å²) >= 11 is 0. The van der Waals surface area contributed by atoms with Gasteiger partial charge in [-0.15, -0.1) is 0 Å². The molecule has 0 N–H and O–H groups in total. The molecule has 398 valence electrons. The Balaban J connectivity index is 4.49. The summed E-state index contributed by atoms with van der Waals surface area (Å²) in [6.45, 7) is 6.22. The molecule has 0 heterocycles. The standard InChI is InChI=1S/C65H102O6/c1-4-7-10-13-16-19-22-25-27-29-31-32-34-35-37-40-43-46-49-52-55-58-64(67)70-61-62(60-69-63(66)57-54-51-48-45-42-39-24-21-18-15-12-9-6-3)71-65(68)59-56-53-50-47-44-41-38-36-33-30-28-26-23-20-17-14-11-8-5-2/h7-12,16-21,25-28,31-33,36,39,41-42,44,62H,4-6,13-15,22-24,29-30,34-35,37-38,40,43,45-61H2,1-3H3/b10-7-,11-8-,12-9-,19-16-,20-17-,21-18-,27-25-,28-26-,32-31-,36-33-,42-39-,44-41-. The van der Waals surface area contributed by atoms with Crippen LogP contribution in [0.4, 0.5) is 0 Å². The van der Waals surface area contributed by atoms with Gasteiger partial charge >= 0.3 is 17.9 Å². The van der Waals surface area contributed by atoms with Crippen molar-refractivity contribution in [2.75, 3.05) is 13.2 Å². The third-order valence-corrected chi connectivity index (χ3v) is 11.3. The largest absolute Gasteiger partial charge is 0.462 e. The van der Waals surface area contributed by atoms with Crippen LogP contribution in [0, 0.1) is 0 Å². The van der Waals surface area contributed by atoms with E-state index in [0.29, 0.717) is 19.3 Å². The second-order valence-corrected chi connectivity index (χ2v) is 18.0. The van der Waals surface area contributed by atoms with Gasteiger partial charge in [-0.1, -0.05) is 218 Å². The zero-order valence-electron chi connectivity index (χ0n) is 45.4. The molecule has 71 heavy (non-hydrogen) atoms. The van der Waals surface area contributed by atoms with Crippen molar-refractivity contribution in [3.63, 3.8) is 0 Å². The summed E-state index contributed by atoms with van der Waals surface area (Å²) in [7, 11) is 0. The summed E-state index contributed by atoms with van der Waals surface area (Å²) in [5.41, 5.74) is 0. The molecule has 0 fully saturated rings. The first kappa shape index (κ1) is 66.3. The van der Waals surface area contributed by atoms with Crippen LogP contribution in [-0.4, -0.2) is 37.2 Å². The summed E-state index contributed by atoms with van der Waals surface area (Å²) in [6, 6.07) is 0. The van der Waals surface area contributed by atoms with Crippen LogP contribution < -0.4 is 0 Å². The van der Waals surface area contributed by atoms with Gasteiger partial charge in [-0.2, -0.15) is 0 Å². The molecule has 6 nitrogen and oxygen atoms in total. The van der Waals surface area contributed by atoms with Crippen molar-refractivity contribution in [3.8, 4) is 0 Å². The molecule has 0 aromatic rings. The Morgan fingerprint density at radius 2 is 0.507 bits per heavy atom. The molecule has 0 spiro atoms. The van der Waals surface area contributed by atoms with Gasteiger partial charge in [0.15, 0.2) is 6.10 Å². The van der Waals surface area contributed by atoms with Crippen molar-refractivity contribution >= 4 is 17.9 Å². The van der Waals surface area contributed by atoms with Gasteiger partial charge in [0.05, 0.1) is 0 Å². The molecule has 0 aliphatic heterocycles. The highest BCUT2D eigenvalue weighted by Crippen LogP contribution is 2.13. The summed E-state index contributed by atoms with van der Waals surface area (Å²) in [5.74, 6) is -0.989. The fourth-order valence-electron chi connectivity index (χ4n) is 7.18. The molecule has 0 aromatic heterocycles. The number of esters is 3. The van der Waals surface area contributed by atoms with Crippen LogP contribution in [-0.2, 0) is 28.6 Å². The molecule has 1 atom stereocenters. The first-order valence-corrected chi connectivity index (χ1v) is 28.3. The molecule has 0 rings (SSSR count). The van der Waals surface area contributed by atoms with E-state index in [1.807, 2.05) is 0 Å². The topological polar surface area (TPSA) is 78.9 Å². The van der Waals surface area contributed by atoms with Gasteiger partial charge in [0.1, 0.15) is 13.2 Å². The van der Waals surface area contributed by atoms with Crippen molar-refractivity contribution in [2.24, 2.45) is 0 Å². The van der Waals surface area contributed by atoms with Crippen LogP contribution in [0.15, 0.2) is 146 Å². The van der Waals surface area contributed by atoms with E-state index in [2.05, 4.69) is 167 Å². The molecule has 0 aliphatic carbocycles. The lowest BCUT2D eigenvalue weighted by molar-refractivity contribution is -0.167. The van der Waals surface area contributed by atoms with E-state index in [0.717, 1.165) is 148 Å². The summed E-state index contributed by atoms with van der Waals surface area (Å²) in [6.07, 6.45) is 82.7. The molecule has 0 aromatic carbocycles. The average Bonchev–Trinajstić information content (AvgIpc) is 3.37. The quantitative estimate of drug-likeness (QED) is 0.0262. The monoisotopic (exact) mass is 979 g/mol. The summed E-state index contributed by atoms with van der Waals surface area (Å²) in [5, 5.41) is 0. The van der Waals surface area contributed by atoms with Crippen molar-refractivity contribution < 1.29 is 28.6 Å². The highest BCUT2D eigenvalue weighted by Gasteiger charge is 2.19. The van der Waals surface area contributed by atoms with Crippen molar-refractivity contribution in [2.45, 2.75) is 232 Å². The minimum Gasteiger partial charge on any atom is -0.462 e. The van der Waals surface area contributed by atoms with Crippen LogP contribution in [0.25, 0.3) is 0 Å². The van der Waals surface area contributed by atoms with Crippen molar-refractivity contribution in [3.05, 3.63) is 146 Å². The molecule has 1 unspecified atom stereocenters. The number of hydrogen-bond donors (Lipinski definition) is 0. The summed E-state index contributed by atoms with van der Waals surface area (Å²) in [4.78, 5) is 38.1. The van der Waals surface area contributed by atoms with Gasteiger partial charge in [0, 0.05) is 19.3 Å². The van der Waals surface area contributed by atoms with E-state index in [-0.39, 0.29) is 37.5 Å². The fourth-order valence-corrected chi connectivity index (χ4v) is 7.18. The minimum atomic E-state index is -0.818. The van der Waals surface area contributed by atoms with Gasteiger partial charge in [-0.3, -0.25) is 14.4 Å². The van der Waals surface area contributed by atoms with Crippen LogP contribution >= 0.6 is 0 Å². The minimum absolute atomic E-state index is 0.111. The second kappa shape index (κ2) is 57.9. The van der Waals surface area contributed by atoms with Gasteiger partial charge < -0.3 is 14.2 Å². The summed E-state index contributed by atoms with van der Waals surface area (Å²) < 4.78 is 16.8. The molecule has 6 heteroatoms. The number of carbonyl (C=O) groups excluding carboxylic acids is 3. The highest BCUT2D eigenvalue weighted by molar-refractivity contribution is 5.71. The Bertz CT molecular complexity index is 1590. The Morgan fingerprint density at radius 3 is 0.803 bits per heavy atom. The highest BCUT2D eigenvalue weighted by atomic mass is 16.6. The van der Waals surface area contributed by atoms with E-state index in [9.17, 15) is 14.4 Å². The Hall–Kier alpha value is -4.71. The number of allylic oxidation sites excluding steroid dienone is 24. The maximum absolute atomic E-state index is 12.9. The predicted molar refractivity (Wildman–Crippen MR) is 306 cm³/mol. The zero-order chi connectivity index (χ0) is 51.4. The molecular formula is C65H102O6. The van der Waals surface area contributed by atoms with E-state index in [4.69, 9.17) is 14.2 Å². The number of unbranched alkanes of at least 4 members (excludes halogenated alkanes) is 14. The molecule has 0 saturated carbocycles. The smallest absolute Gasteiger partial charge is 0.306 e. The maximum Gasteiger partial charge on any atom is 0.306 e. The van der Waals surface area contributed by atoms with Gasteiger partial charge in [0.25, 0.3) is 0 Å². The molecule has 0 bridgehead atoms. The third-order valence-electron chi connectivity index (χ3n) is 11.3. The Kier molecular flexibility index (Phi) is 54.0. The lowest BCUT2D eigenvalue weighted by Gasteiger charge is -2.18. The predicted octanol–water partition coefficient (Wildman–Crippen LogP) is 19.2. The SMILES string of the molecule is CC/C=C\C/C=C\C/C=C\C/C=C\C/C=C\CCCCCC(=O)OC(COC(=O)CCCCC/C=C\C/C=C\C/C=C\CC)COC(=O)CCCCCCCCCC/C=C\C/C=C\C/C=C\C/C=C\CC. The lowest BCUT2D eigenvalue weighted by Crippen LogP contribution is -2.30. The Morgan fingerprint density at radius 1 is 0.282 bits per heavy atom. The average molecular weight is 980 g/mol. The number of ether oxygens (including phenoxy) is 3. The molecule has 0 saturated heterocycles. The first-order chi connectivity index (χ1) is 35.0. The van der Waals surface area contributed by atoms with E-state index in [1.54, 1.807) is 0 Å². The van der Waals surface area contributed by atoms with Crippen LogP contribution in [0.2, 0.25) is 0 Å². The van der Waals surface area contributed by atoms with Gasteiger partial charge in [-0.05, 0) is 135 Å². The Labute approximate surface area is 436 Å². The molecule has 0 aliphatic rings. The molecule has 0 radical (unpaired) electrons. The van der Waals surface area contributed by atoms with Gasteiger partial charge in [-0.25, -0.2) is 0 Å². The second-order valence-electron chi connectivity index (χ2n) is 18.0. The van der Waals surface area contributed by atoms with Crippen molar-refractivity contribution in [1.82, 2.24) is 0 Å². The number of carbonyl (C=O) groups is 3. The van der Waals surface area contributed by atoms with E-state index in [1.165, 1.54) is 32.1 Å². The normalized spacial score (nSPS) is 13.2. The molecule has 0 amide bonds. The van der Waals surface area contributed by atoms with E-state index >= 15 is 0 Å². The van der Waals surface area contributed by atoms with Crippen LogP contribution in [0.3, 0.4) is 0 Å². The lowest BCUT2D eigenvalue weighted by atomic mass is 10.1. The maximum atomic E-state index is 12.9. The third kappa shape index (κ3) is 56.1. The van der Waals surface area contributed by atoms with Crippen LogP contribution in [0.5, 0.6) is 0 Å². The fraction of sp³-hybridized carbons (Fsp3) is 0.585. The van der Waals surface area contributed by atoms with E-state index < -0.39 is 6.10 Å².